The van der Waals surface area contributed by atoms with Gasteiger partial charge in [0, 0.05) is 0 Å². The molecule has 0 aromatic rings. The zero-order valence-corrected chi connectivity index (χ0v) is 6.55. The zero-order valence-electron chi connectivity index (χ0n) is 6.55. The first-order valence-electron chi connectivity index (χ1n) is 3.23. The molecule has 0 aromatic heterocycles. The van der Waals surface area contributed by atoms with E-state index in [0.29, 0.717) is 6.42 Å². The average Bonchev–Trinajstić information content (AvgIpc) is 1.88. The van der Waals surface area contributed by atoms with E-state index >= 15 is 0 Å². The third-order valence-corrected chi connectivity index (χ3v) is 1.95. The van der Waals surface area contributed by atoms with Crippen molar-refractivity contribution in [2.45, 2.75) is 38.5 Å². The van der Waals surface area contributed by atoms with Crippen LogP contribution in [0.1, 0.15) is 27.2 Å². The van der Waals surface area contributed by atoms with Gasteiger partial charge in [0.05, 0.1) is 0 Å². The van der Waals surface area contributed by atoms with Crippen LogP contribution in [0.25, 0.3) is 0 Å². The topological polar surface area (TPSA) is 72.7 Å². The molecule has 0 fully saturated rings. The number of hydrogen-bond donors (Lipinski definition) is 4. The molecule has 0 amide bonds. The molecule has 2 atom stereocenters. The highest BCUT2D eigenvalue weighted by atomic mass is 16.5. The number of rotatable bonds is 3. The Bertz CT molecular complexity index is 97.6. The maximum atomic E-state index is 9.38. The van der Waals surface area contributed by atoms with Crippen LogP contribution in [0.2, 0.25) is 0 Å². The molecule has 0 saturated heterocycles. The maximum Gasteiger partial charge on any atom is 0.163 e. The standard InChI is InChI=1S/C6H15NO3/c1-4-5(2,8)6(3,9)7-10/h7-10H,4H2,1-3H3. The summed E-state index contributed by atoms with van der Waals surface area (Å²) < 4.78 is 0. The summed E-state index contributed by atoms with van der Waals surface area (Å²) in [5.41, 5.74) is -1.33. The van der Waals surface area contributed by atoms with Gasteiger partial charge in [-0.2, -0.15) is 5.48 Å². The molecule has 0 bridgehead atoms. The summed E-state index contributed by atoms with van der Waals surface area (Å²) in [6.45, 7) is 4.46. The van der Waals surface area contributed by atoms with Crippen molar-refractivity contribution in [3.05, 3.63) is 0 Å². The van der Waals surface area contributed by atoms with Gasteiger partial charge in [0.25, 0.3) is 0 Å². The smallest absolute Gasteiger partial charge is 0.163 e. The minimum Gasteiger partial charge on any atom is -0.386 e. The lowest BCUT2D eigenvalue weighted by molar-refractivity contribution is -0.198. The molecule has 0 aliphatic rings. The van der Waals surface area contributed by atoms with E-state index in [1.165, 1.54) is 13.8 Å². The Balaban J connectivity index is 4.28. The predicted molar refractivity (Wildman–Crippen MR) is 36.5 cm³/mol. The summed E-state index contributed by atoms with van der Waals surface area (Å²) in [7, 11) is 0. The summed E-state index contributed by atoms with van der Waals surface area (Å²) in [6.07, 6.45) is 0.355. The van der Waals surface area contributed by atoms with E-state index < -0.39 is 11.3 Å². The van der Waals surface area contributed by atoms with Gasteiger partial charge >= 0.3 is 0 Å². The molecule has 2 unspecified atom stereocenters. The van der Waals surface area contributed by atoms with Gasteiger partial charge in [0.15, 0.2) is 5.72 Å². The van der Waals surface area contributed by atoms with E-state index in [1.54, 1.807) is 12.4 Å². The van der Waals surface area contributed by atoms with E-state index in [9.17, 15) is 10.2 Å². The Labute approximate surface area is 60.5 Å². The molecule has 62 valence electrons. The lowest BCUT2D eigenvalue weighted by Gasteiger charge is -2.36. The van der Waals surface area contributed by atoms with Crippen LogP contribution in [-0.2, 0) is 0 Å². The number of hydroxylamine groups is 1. The van der Waals surface area contributed by atoms with Crippen LogP contribution in [-0.4, -0.2) is 26.7 Å². The lowest BCUT2D eigenvalue weighted by Crippen LogP contribution is -2.58. The van der Waals surface area contributed by atoms with Gasteiger partial charge < -0.3 is 15.4 Å². The molecule has 0 saturated carbocycles. The number of hydrogen-bond acceptors (Lipinski definition) is 4. The first-order chi connectivity index (χ1) is 4.37. The highest BCUT2D eigenvalue weighted by Crippen LogP contribution is 2.21. The van der Waals surface area contributed by atoms with Gasteiger partial charge in [-0.05, 0) is 20.3 Å². The van der Waals surface area contributed by atoms with Gasteiger partial charge in [0.1, 0.15) is 5.60 Å². The van der Waals surface area contributed by atoms with Crippen molar-refractivity contribution in [1.82, 2.24) is 5.48 Å². The van der Waals surface area contributed by atoms with E-state index in [1.807, 2.05) is 0 Å². The van der Waals surface area contributed by atoms with Gasteiger partial charge in [0.2, 0.25) is 0 Å². The predicted octanol–water partition coefficient (Wildman–Crippen LogP) is -0.165. The fraction of sp³-hybridized carbons (Fsp3) is 1.00. The van der Waals surface area contributed by atoms with Crippen molar-refractivity contribution >= 4 is 0 Å². The third kappa shape index (κ3) is 1.67. The summed E-state index contributed by atoms with van der Waals surface area (Å²) in [5.74, 6) is 0. The second-order valence-electron chi connectivity index (χ2n) is 2.81. The van der Waals surface area contributed by atoms with E-state index in [2.05, 4.69) is 0 Å². The van der Waals surface area contributed by atoms with Crippen LogP contribution >= 0.6 is 0 Å². The molecule has 0 heterocycles. The Morgan fingerprint density at radius 2 is 1.70 bits per heavy atom. The molecule has 4 nitrogen and oxygen atoms in total. The Morgan fingerprint density at radius 1 is 1.30 bits per heavy atom. The molecular weight excluding hydrogens is 134 g/mol. The monoisotopic (exact) mass is 149 g/mol. The molecule has 0 spiro atoms. The molecule has 10 heavy (non-hydrogen) atoms. The first-order valence-corrected chi connectivity index (χ1v) is 3.23. The van der Waals surface area contributed by atoms with Crippen LogP contribution in [0.3, 0.4) is 0 Å². The molecular formula is C6H15NO3. The van der Waals surface area contributed by atoms with Gasteiger partial charge in [-0.1, -0.05) is 6.92 Å². The fourth-order valence-corrected chi connectivity index (χ4v) is 0.465. The van der Waals surface area contributed by atoms with E-state index in [0.717, 1.165) is 0 Å². The van der Waals surface area contributed by atoms with Crippen molar-refractivity contribution in [1.29, 1.82) is 0 Å². The van der Waals surface area contributed by atoms with Crippen LogP contribution < -0.4 is 5.48 Å². The summed E-state index contributed by atoms with van der Waals surface area (Å²) >= 11 is 0. The molecule has 0 aliphatic heterocycles. The Morgan fingerprint density at radius 3 is 1.80 bits per heavy atom. The number of aliphatic hydroxyl groups is 2. The van der Waals surface area contributed by atoms with Crippen molar-refractivity contribution in [2.24, 2.45) is 0 Å². The average molecular weight is 149 g/mol. The van der Waals surface area contributed by atoms with Gasteiger partial charge in [-0.3, -0.25) is 0 Å². The Kier molecular flexibility index (Phi) is 2.79. The number of nitrogens with one attached hydrogen (secondary N) is 1. The first kappa shape index (κ1) is 9.84. The summed E-state index contributed by atoms with van der Waals surface area (Å²) in [6, 6.07) is 0. The highest BCUT2D eigenvalue weighted by molar-refractivity contribution is 4.87. The molecule has 0 rings (SSSR count). The molecule has 0 radical (unpaired) electrons. The zero-order chi connectivity index (χ0) is 8.41. The van der Waals surface area contributed by atoms with E-state index in [4.69, 9.17) is 5.21 Å². The molecule has 0 aromatic carbocycles. The van der Waals surface area contributed by atoms with Gasteiger partial charge in [-0.15, -0.1) is 0 Å². The maximum absolute atomic E-state index is 9.38. The summed E-state index contributed by atoms with van der Waals surface area (Å²) in [4.78, 5) is 0. The molecule has 0 aliphatic carbocycles. The largest absolute Gasteiger partial charge is 0.386 e. The molecule has 4 heteroatoms. The summed E-state index contributed by atoms with van der Waals surface area (Å²) in [5, 5.41) is 27.0. The molecule has 4 N–H and O–H groups in total. The van der Waals surface area contributed by atoms with Crippen LogP contribution in [0.15, 0.2) is 0 Å². The van der Waals surface area contributed by atoms with Crippen LogP contribution in [0.4, 0.5) is 0 Å². The van der Waals surface area contributed by atoms with Crippen molar-refractivity contribution in [3.8, 4) is 0 Å². The second kappa shape index (κ2) is 2.84. The fourth-order valence-electron chi connectivity index (χ4n) is 0.465. The lowest BCUT2D eigenvalue weighted by atomic mass is 9.92. The van der Waals surface area contributed by atoms with E-state index in [-0.39, 0.29) is 0 Å². The van der Waals surface area contributed by atoms with Gasteiger partial charge in [-0.25, -0.2) is 0 Å². The Hall–Kier alpha value is -0.160. The SMILES string of the molecule is CCC(C)(O)C(C)(O)NO. The quantitative estimate of drug-likeness (QED) is 0.332. The van der Waals surface area contributed by atoms with Crippen molar-refractivity contribution in [3.63, 3.8) is 0 Å². The van der Waals surface area contributed by atoms with Crippen molar-refractivity contribution in [2.75, 3.05) is 0 Å². The minimum absolute atomic E-state index is 0.355. The van der Waals surface area contributed by atoms with Crippen LogP contribution in [0.5, 0.6) is 0 Å². The normalized spacial score (nSPS) is 23.4. The third-order valence-electron chi connectivity index (χ3n) is 1.95. The van der Waals surface area contributed by atoms with Crippen LogP contribution in [0, 0.1) is 0 Å². The van der Waals surface area contributed by atoms with Crippen molar-refractivity contribution < 1.29 is 15.4 Å². The second-order valence-corrected chi connectivity index (χ2v) is 2.81. The highest BCUT2D eigenvalue weighted by Gasteiger charge is 2.39. The minimum atomic E-state index is -1.65.